The first-order chi connectivity index (χ1) is 9.51. The topological polar surface area (TPSA) is 64.4 Å². The molecule has 1 aromatic heterocycles. The molecule has 0 radical (unpaired) electrons. The second-order valence-electron chi connectivity index (χ2n) is 4.64. The monoisotopic (exact) mass is 274 g/mol. The van der Waals surface area contributed by atoms with E-state index < -0.39 is 0 Å². The fourth-order valence-corrected chi connectivity index (χ4v) is 1.95. The van der Waals surface area contributed by atoms with Gasteiger partial charge in [0.1, 0.15) is 11.5 Å². The van der Waals surface area contributed by atoms with E-state index in [0.29, 0.717) is 23.7 Å². The van der Waals surface area contributed by atoms with Gasteiger partial charge >= 0.3 is 0 Å². The summed E-state index contributed by atoms with van der Waals surface area (Å²) in [5.74, 6) is 1.67. The zero-order valence-electron chi connectivity index (χ0n) is 12.1. The lowest BCUT2D eigenvalue weighted by Crippen LogP contribution is -2.14. The van der Waals surface area contributed by atoms with Crippen LogP contribution in [0, 0.1) is 20.8 Å². The number of carbonyl (C=O) groups excluding carboxylic acids is 1. The third-order valence-corrected chi connectivity index (χ3v) is 2.94. The Kier molecular flexibility index (Phi) is 4.08. The van der Waals surface area contributed by atoms with Gasteiger partial charge in [0.25, 0.3) is 5.91 Å². The number of aryl methyl sites for hydroxylation is 3. The number of aromatic nitrogens is 1. The molecule has 0 saturated carbocycles. The van der Waals surface area contributed by atoms with Crippen LogP contribution in [-0.2, 0) is 0 Å². The molecule has 0 saturated heterocycles. The summed E-state index contributed by atoms with van der Waals surface area (Å²) in [6, 6.07) is 5.37. The minimum absolute atomic E-state index is 0.207. The highest BCUT2D eigenvalue weighted by atomic mass is 16.5. The highest BCUT2D eigenvalue weighted by Crippen LogP contribution is 2.23. The first-order valence-corrected chi connectivity index (χ1v) is 6.50. The Hall–Kier alpha value is -2.30. The van der Waals surface area contributed by atoms with Crippen LogP contribution in [0.4, 0.5) is 5.82 Å². The second-order valence-corrected chi connectivity index (χ2v) is 4.64. The van der Waals surface area contributed by atoms with Crippen LogP contribution < -0.4 is 10.1 Å². The number of carbonyl (C=O) groups is 1. The lowest BCUT2D eigenvalue weighted by molar-refractivity contribution is 0.102. The molecule has 1 N–H and O–H groups in total. The molecule has 2 rings (SSSR count). The van der Waals surface area contributed by atoms with Crippen molar-refractivity contribution in [2.45, 2.75) is 27.7 Å². The Bertz CT molecular complexity index is 632. The largest absolute Gasteiger partial charge is 0.494 e. The van der Waals surface area contributed by atoms with Crippen molar-refractivity contribution in [1.29, 1.82) is 0 Å². The summed E-state index contributed by atoms with van der Waals surface area (Å²) in [6.07, 6.45) is 0. The Morgan fingerprint density at radius 1 is 1.25 bits per heavy atom. The van der Waals surface area contributed by atoms with Crippen molar-refractivity contribution in [1.82, 2.24) is 5.16 Å². The molecular formula is C15H18N2O3. The van der Waals surface area contributed by atoms with E-state index in [1.807, 2.05) is 32.9 Å². The molecule has 0 spiro atoms. The molecule has 5 heteroatoms. The number of hydrogen-bond acceptors (Lipinski definition) is 4. The second kappa shape index (κ2) is 5.77. The van der Waals surface area contributed by atoms with E-state index in [0.717, 1.165) is 16.9 Å². The number of ether oxygens (including phenoxy) is 1. The number of rotatable bonds is 4. The van der Waals surface area contributed by atoms with Crippen LogP contribution in [0.2, 0.25) is 0 Å². The molecule has 106 valence electrons. The van der Waals surface area contributed by atoms with E-state index in [4.69, 9.17) is 9.26 Å². The normalized spacial score (nSPS) is 10.4. The van der Waals surface area contributed by atoms with Gasteiger partial charge in [0, 0.05) is 11.6 Å². The van der Waals surface area contributed by atoms with E-state index in [1.54, 1.807) is 13.0 Å². The maximum atomic E-state index is 12.2. The van der Waals surface area contributed by atoms with Crippen molar-refractivity contribution in [3.8, 4) is 5.75 Å². The summed E-state index contributed by atoms with van der Waals surface area (Å²) in [4.78, 5) is 12.2. The van der Waals surface area contributed by atoms with Crippen LogP contribution in [0.5, 0.6) is 5.75 Å². The van der Waals surface area contributed by atoms with E-state index in [1.165, 1.54) is 0 Å². The lowest BCUT2D eigenvalue weighted by atomic mass is 10.0. The van der Waals surface area contributed by atoms with Gasteiger partial charge in [-0.1, -0.05) is 5.16 Å². The molecule has 1 heterocycles. The van der Waals surface area contributed by atoms with Crippen molar-refractivity contribution in [3.05, 3.63) is 40.6 Å². The third-order valence-electron chi connectivity index (χ3n) is 2.94. The zero-order chi connectivity index (χ0) is 14.7. The van der Waals surface area contributed by atoms with Gasteiger partial charge in [-0.05, 0) is 51.0 Å². The minimum atomic E-state index is -0.207. The molecule has 0 fully saturated rings. The van der Waals surface area contributed by atoms with Gasteiger partial charge in [0.15, 0.2) is 5.82 Å². The molecule has 0 unspecified atom stereocenters. The van der Waals surface area contributed by atoms with Crippen molar-refractivity contribution in [2.24, 2.45) is 0 Å². The smallest absolute Gasteiger partial charge is 0.257 e. The molecule has 2 aromatic rings. The quantitative estimate of drug-likeness (QED) is 0.929. The van der Waals surface area contributed by atoms with Gasteiger partial charge in [-0.2, -0.15) is 0 Å². The maximum Gasteiger partial charge on any atom is 0.257 e. The fourth-order valence-electron chi connectivity index (χ4n) is 1.95. The summed E-state index contributed by atoms with van der Waals surface area (Å²) in [6.45, 7) is 8.10. The first kappa shape index (κ1) is 14.1. The van der Waals surface area contributed by atoms with Gasteiger partial charge < -0.3 is 14.6 Å². The average Bonchev–Trinajstić information content (AvgIpc) is 2.79. The van der Waals surface area contributed by atoms with Crippen LogP contribution >= 0.6 is 0 Å². The van der Waals surface area contributed by atoms with E-state index >= 15 is 0 Å². The predicted molar refractivity (Wildman–Crippen MR) is 76.3 cm³/mol. The van der Waals surface area contributed by atoms with Gasteiger partial charge in [0.05, 0.1) is 6.61 Å². The molecule has 0 atom stereocenters. The summed E-state index contributed by atoms with van der Waals surface area (Å²) < 4.78 is 10.4. The molecule has 20 heavy (non-hydrogen) atoms. The molecule has 0 bridgehead atoms. The average molecular weight is 274 g/mol. The summed E-state index contributed by atoms with van der Waals surface area (Å²) >= 11 is 0. The van der Waals surface area contributed by atoms with Crippen molar-refractivity contribution < 1.29 is 14.1 Å². The molecule has 0 aliphatic carbocycles. The third kappa shape index (κ3) is 2.99. The molecule has 1 amide bonds. The van der Waals surface area contributed by atoms with Crippen LogP contribution in [0.3, 0.4) is 0 Å². The number of nitrogens with one attached hydrogen (secondary N) is 1. The van der Waals surface area contributed by atoms with Crippen molar-refractivity contribution >= 4 is 11.7 Å². The molecule has 0 aliphatic heterocycles. The number of anilines is 1. The number of benzene rings is 1. The van der Waals surface area contributed by atoms with Gasteiger partial charge in [0.2, 0.25) is 0 Å². The SMILES string of the molecule is CCOc1cc(C)c(C(=O)Nc2cc(C)on2)cc1C. The number of nitrogens with zero attached hydrogens (tertiary/aromatic N) is 1. The van der Waals surface area contributed by atoms with Crippen molar-refractivity contribution in [3.63, 3.8) is 0 Å². The first-order valence-electron chi connectivity index (χ1n) is 6.50. The summed E-state index contributed by atoms with van der Waals surface area (Å²) in [5.41, 5.74) is 2.39. The Labute approximate surface area is 117 Å². The van der Waals surface area contributed by atoms with Gasteiger partial charge in [-0.15, -0.1) is 0 Å². The van der Waals surface area contributed by atoms with Crippen LogP contribution in [0.1, 0.15) is 34.2 Å². The standard InChI is InChI=1S/C15H18N2O3/c1-5-19-13-7-9(2)12(6-10(13)3)15(18)16-14-8-11(4)20-17-14/h6-8H,5H2,1-4H3,(H,16,17,18). The van der Waals surface area contributed by atoms with Crippen LogP contribution in [-0.4, -0.2) is 17.7 Å². The zero-order valence-corrected chi connectivity index (χ0v) is 12.1. The molecule has 0 aliphatic rings. The Morgan fingerprint density at radius 3 is 2.60 bits per heavy atom. The highest BCUT2D eigenvalue weighted by Gasteiger charge is 2.14. The van der Waals surface area contributed by atoms with Crippen LogP contribution in [0.15, 0.2) is 22.7 Å². The highest BCUT2D eigenvalue weighted by molar-refractivity contribution is 6.05. The number of amides is 1. The lowest BCUT2D eigenvalue weighted by Gasteiger charge is -2.11. The molecule has 1 aromatic carbocycles. The molecule has 5 nitrogen and oxygen atoms in total. The van der Waals surface area contributed by atoms with Crippen LogP contribution in [0.25, 0.3) is 0 Å². The minimum Gasteiger partial charge on any atom is -0.494 e. The van der Waals surface area contributed by atoms with E-state index in [2.05, 4.69) is 10.5 Å². The Morgan fingerprint density at radius 2 is 2.00 bits per heavy atom. The number of hydrogen-bond donors (Lipinski definition) is 1. The van der Waals surface area contributed by atoms with Crippen molar-refractivity contribution in [2.75, 3.05) is 11.9 Å². The predicted octanol–water partition coefficient (Wildman–Crippen LogP) is 3.25. The fraction of sp³-hybridized carbons (Fsp3) is 0.333. The van der Waals surface area contributed by atoms with E-state index in [9.17, 15) is 4.79 Å². The molecular weight excluding hydrogens is 256 g/mol. The van der Waals surface area contributed by atoms with E-state index in [-0.39, 0.29) is 5.91 Å². The maximum absolute atomic E-state index is 12.2. The van der Waals surface area contributed by atoms with Gasteiger partial charge in [-0.25, -0.2) is 0 Å². The summed E-state index contributed by atoms with van der Waals surface area (Å²) in [7, 11) is 0. The van der Waals surface area contributed by atoms with Gasteiger partial charge in [-0.3, -0.25) is 4.79 Å². The summed E-state index contributed by atoms with van der Waals surface area (Å²) in [5, 5.41) is 6.46. The Balaban J connectivity index is 2.23.